The van der Waals surface area contributed by atoms with Gasteiger partial charge in [0.05, 0.1) is 6.26 Å². The Bertz CT molecular complexity index is 1140. The lowest BCUT2D eigenvalue weighted by Crippen LogP contribution is -2.09. The van der Waals surface area contributed by atoms with Gasteiger partial charge in [-0.05, 0) is 30.3 Å². The van der Waals surface area contributed by atoms with Gasteiger partial charge in [-0.1, -0.05) is 18.2 Å². The molecule has 1 aromatic heterocycles. The fourth-order valence-corrected chi connectivity index (χ4v) is 3.53. The Hall–Kier alpha value is -3.06. The van der Waals surface area contributed by atoms with Crippen molar-refractivity contribution < 1.29 is 13.2 Å². The second-order valence-corrected chi connectivity index (χ2v) is 7.68. The minimum absolute atomic E-state index is 0.211. The number of carbonyl (C=O) groups excluding carboxylic acids is 1. The summed E-state index contributed by atoms with van der Waals surface area (Å²) in [6.45, 7) is 0. The van der Waals surface area contributed by atoms with Crippen LogP contribution < -0.4 is 10.0 Å². The smallest absolute Gasteiger partial charge is 0.256 e. The number of sulfonamides is 1. The molecule has 0 fully saturated rings. The summed E-state index contributed by atoms with van der Waals surface area (Å²) in [5, 5.41) is 3.82. The van der Waals surface area contributed by atoms with Gasteiger partial charge in [0.25, 0.3) is 5.91 Å². The fraction of sp³-hybridized carbons (Fsp3) is 0.0556. The van der Waals surface area contributed by atoms with Crippen LogP contribution in [0.3, 0.4) is 0 Å². The molecule has 7 heteroatoms. The molecule has 0 atom stereocenters. The van der Waals surface area contributed by atoms with Gasteiger partial charge in [0.1, 0.15) is 0 Å². The molecule has 0 saturated carbocycles. The number of carbonyl (C=O) groups is 1. The van der Waals surface area contributed by atoms with Crippen molar-refractivity contribution in [1.29, 1.82) is 0 Å². The lowest BCUT2D eigenvalue weighted by atomic mass is 10.0. The van der Waals surface area contributed by atoms with Crippen LogP contribution in [0, 0.1) is 0 Å². The summed E-state index contributed by atoms with van der Waals surface area (Å²) in [4.78, 5) is 15.5. The maximum Gasteiger partial charge on any atom is 0.256 e. The first-order valence-corrected chi connectivity index (χ1v) is 9.51. The van der Waals surface area contributed by atoms with E-state index in [1.165, 1.54) is 0 Å². The van der Waals surface area contributed by atoms with Crippen molar-refractivity contribution in [2.45, 2.75) is 0 Å². The minimum atomic E-state index is -3.38. The van der Waals surface area contributed by atoms with Gasteiger partial charge in [0, 0.05) is 45.2 Å². The van der Waals surface area contributed by atoms with Gasteiger partial charge in [-0.3, -0.25) is 9.52 Å². The maximum absolute atomic E-state index is 12.4. The molecule has 0 saturated heterocycles. The van der Waals surface area contributed by atoms with Crippen LogP contribution in [0.1, 0.15) is 11.1 Å². The number of aromatic nitrogens is 1. The van der Waals surface area contributed by atoms with E-state index in [0.29, 0.717) is 22.5 Å². The van der Waals surface area contributed by atoms with E-state index in [1.54, 1.807) is 18.2 Å². The van der Waals surface area contributed by atoms with Gasteiger partial charge < -0.3 is 10.3 Å². The SMILES string of the molecule is CS(=O)(=O)Nc1ccc2c(c1)/C(=C\c1c[nH]c3ccccc13)C(=O)N2. The van der Waals surface area contributed by atoms with Crippen LogP contribution in [-0.2, 0) is 14.8 Å². The number of nitrogens with one attached hydrogen (secondary N) is 3. The molecule has 1 aliphatic heterocycles. The Morgan fingerprint density at radius 3 is 2.72 bits per heavy atom. The molecule has 2 heterocycles. The van der Waals surface area contributed by atoms with Crippen LogP contribution in [-0.4, -0.2) is 25.6 Å². The summed E-state index contributed by atoms with van der Waals surface area (Å²) in [7, 11) is -3.38. The van der Waals surface area contributed by atoms with E-state index in [9.17, 15) is 13.2 Å². The van der Waals surface area contributed by atoms with E-state index in [4.69, 9.17) is 0 Å². The number of amides is 1. The molecule has 25 heavy (non-hydrogen) atoms. The molecule has 1 amide bonds. The summed E-state index contributed by atoms with van der Waals surface area (Å²) in [5.74, 6) is -0.211. The van der Waals surface area contributed by atoms with Gasteiger partial charge in [0.15, 0.2) is 0 Å². The third-order valence-electron chi connectivity index (χ3n) is 4.03. The van der Waals surface area contributed by atoms with Crippen molar-refractivity contribution in [3.05, 3.63) is 59.8 Å². The average molecular weight is 353 g/mol. The standard InChI is InChI=1S/C18H15N3O3S/c1-25(23,24)21-12-6-7-17-14(9-12)15(18(22)20-17)8-11-10-19-16-5-3-2-4-13(11)16/h2-10,19,21H,1H3,(H,20,22)/b15-8+. The molecule has 0 unspecified atom stereocenters. The summed E-state index contributed by atoms with van der Waals surface area (Å²) >= 11 is 0. The zero-order chi connectivity index (χ0) is 17.6. The predicted molar refractivity (Wildman–Crippen MR) is 99.7 cm³/mol. The monoisotopic (exact) mass is 353 g/mol. The van der Waals surface area contributed by atoms with Crippen LogP contribution >= 0.6 is 0 Å². The Balaban J connectivity index is 1.82. The van der Waals surface area contributed by atoms with E-state index in [-0.39, 0.29) is 5.91 Å². The normalized spacial score (nSPS) is 15.4. The predicted octanol–water partition coefficient (Wildman–Crippen LogP) is 3.03. The second-order valence-electron chi connectivity index (χ2n) is 5.94. The van der Waals surface area contributed by atoms with Crippen LogP contribution in [0.4, 0.5) is 11.4 Å². The molecular formula is C18H15N3O3S. The lowest BCUT2D eigenvalue weighted by molar-refractivity contribution is -0.110. The van der Waals surface area contributed by atoms with E-state index < -0.39 is 10.0 Å². The van der Waals surface area contributed by atoms with Crippen LogP contribution in [0.2, 0.25) is 0 Å². The Morgan fingerprint density at radius 1 is 1.12 bits per heavy atom. The van der Waals surface area contributed by atoms with Gasteiger partial charge in [-0.25, -0.2) is 8.42 Å². The Morgan fingerprint density at radius 2 is 1.92 bits per heavy atom. The second kappa shape index (κ2) is 5.49. The fourth-order valence-electron chi connectivity index (χ4n) is 2.98. The quantitative estimate of drug-likeness (QED) is 0.632. The molecule has 126 valence electrons. The zero-order valence-electron chi connectivity index (χ0n) is 13.3. The number of aromatic amines is 1. The van der Waals surface area contributed by atoms with E-state index in [1.807, 2.05) is 36.5 Å². The van der Waals surface area contributed by atoms with E-state index in [0.717, 1.165) is 22.7 Å². The van der Waals surface area contributed by atoms with E-state index >= 15 is 0 Å². The topological polar surface area (TPSA) is 91.1 Å². The first-order chi connectivity index (χ1) is 11.9. The summed E-state index contributed by atoms with van der Waals surface area (Å²) in [5.41, 5.74) is 4.13. The van der Waals surface area contributed by atoms with Crippen molar-refractivity contribution in [1.82, 2.24) is 4.98 Å². The minimum Gasteiger partial charge on any atom is -0.361 e. The molecule has 3 N–H and O–H groups in total. The highest BCUT2D eigenvalue weighted by Crippen LogP contribution is 2.36. The van der Waals surface area contributed by atoms with Crippen LogP contribution in [0.5, 0.6) is 0 Å². The average Bonchev–Trinajstić information content (AvgIpc) is 3.08. The highest BCUT2D eigenvalue weighted by atomic mass is 32.2. The van der Waals surface area contributed by atoms with Gasteiger partial charge in [-0.2, -0.15) is 0 Å². The van der Waals surface area contributed by atoms with E-state index in [2.05, 4.69) is 15.0 Å². The first-order valence-electron chi connectivity index (χ1n) is 7.62. The highest BCUT2D eigenvalue weighted by Gasteiger charge is 2.25. The molecule has 1 aliphatic rings. The van der Waals surface area contributed by atoms with Crippen molar-refractivity contribution in [2.75, 3.05) is 16.3 Å². The number of benzene rings is 2. The summed E-state index contributed by atoms with van der Waals surface area (Å²) < 4.78 is 25.3. The van der Waals surface area contributed by atoms with Gasteiger partial charge in [-0.15, -0.1) is 0 Å². The lowest BCUT2D eigenvalue weighted by Gasteiger charge is -2.06. The molecule has 6 nitrogen and oxygen atoms in total. The molecule has 0 aliphatic carbocycles. The molecule has 0 spiro atoms. The maximum atomic E-state index is 12.4. The zero-order valence-corrected chi connectivity index (χ0v) is 14.1. The number of fused-ring (bicyclic) bond motifs is 2. The highest BCUT2D eigenvalue weighted by molar-refractivity contribution is 7.92. The van der Waals surface area contributed by atoms with Crippen molar-refractivity contribution in [2.24, 2.45) is 0 Å². The number of H-pyrrole nitrogens is 1. The Kier molecular flexibility index (Phi) is 3.40. The molecule has 2 aromatic carbocycles. The first kappa shape index (κ1) is 15.5. The number of hydrogen-bond acceptors (Lipinski definition) is 3. The molecule has 4 rings (SSSR count). The third-order valence-corrected chi connectivity index (χ3v) is 4.63. The number of hydrogen-bond donors (Lipinski definition) is 3. The number of para-hydroxylation sites is 1. The van der Waals surface area contributed by atoms with Gasteiger partial charge >= 0.3 is 0 Å². The number of anilines is 2. The van der Waals surface area contributed by atoms with Crippen LogP contribution in [0.15, 0.2) is 48.7 Å². The Labute approximate surface area is 144 Å². The summed E-state index contributed by atoms with van der Waals surface area (Å²) in [6, 6.07) is 12.8. The van der Waals surface area contributed by atoms with Gasteiger partial charge in [0.2, 0.25) is 10.0 Å². The summed E-state index contributed by atoms with van der Waals surface area (Å²) in [6.07, 6.45) is 4.75. The largest absolute Gasteiger partial charge is 0.361 e. The van der Waals surface area contributed by atoms with Crippen molar-refractivity contribution >= 4 is 49.9 Å². The third kappa shape index (κ3) is 2.89. The van der Waals surface area contributed by atoms with Crippen LogP contribution in [0.25, 0.3) is 22.6 Å². The molecule has 0 bridgehead atoms. The van der Waals surface area contributed by atoms with Crippen molar-refractivity contribution in [3.8, 4) is 0 Å². The molecule has 0 radical (unpaired) electrons. The number of rotatable bonds is 3. The van der Waals surface area contributed by atoms with Crippen molar-refractivity contribution in [3.63, 3.8) is 0 Å². The molecular weight excluding hydrogens is 338 g/mol. The molecule has 3 aromatic rings.